The second-order valence-electron chi connectivity index (χ2n) is 2.39. The van der Waals surface area contributed by atoms with Gasteiger partial charge in [-0.3, -0.25) is 0 Å². The summed E-state index contributed by atoms with van der Waals surface area (Å²) < 4.78 is 0. The first-order valence-electron chi connectivity index (χ1n) is 4.02. The Bertz CT molecular complexity index is 48.8. The second-order valence-corrected chi connectivity index (χ2v) is 2.39. The van der Waals surface area contributed by atoms with Gasteiger partial charge in [-0.15, -0.1) is 0 Å². The van der Waals surface area contributed by atoms with Gasteiger partial charge in [0.1, 0.15) is 0 Å². The minimum absolute atomic E-state index is 0.733. The first-order valence-corrected chi connectivity index (χ1v) is 4.02. The Kier molecular flexibility index (Phi) is 8.77. The summed E-state index contributed by atoms with van der Waals surface area (Å²) in [5, 5.41) is 3.23. The van der Waals surface area contributed by atoms with Crippen LogP contribution >= 0.6 is 0 Å². The van der Waals surface area contributed by atoms with Gasteiger partial charge in [-0.05, 0) is 25.9 Å². The van der Waals surface area contributed by atoms with Gasteiger partial charge in [0, 0.05) is 13.1 Å². The Morgan fingerprint density at radius 3 is 2.20 bits per heavy atom. The van der Waals surface area contributed by atoms with Crippen molar-refractivity contribution in [3.8, 4) is 0 Å². The molecule has 0 aliphatic carbocycles. The van der Waals surface area contributed by atoms with Gasteiger partial charge < -0.3 is 16.8 Å². The molecule has 0 bridgehead atoms. The molecule has 0 aromatic carbocycles. The number of nitrogens with one attached hydrogen (secondary N) is 1. The van der Waals surface area contributed by atoms with Crippen molar-refractivity contribution in [2.24, 2.45) is 11.5 Å². The molecule has 0 atom stereocenters. The van der Waals surface area contributed by atoms with Crippen LogP contribution in [0.3, 0.4) is 0 Å². The van der Waals surface area contributed by atoms with E-state index in [4.69, 9.17) is 11.5 Å². The molecule has 0 spiro atoms. The molecule has 0 saturated carbocycles. The first-order chi connectivity index (χ1) is 4.91. The summed E-state index contributed by atoms with van der Waals surface area (Å²) in [6, 6.07) is 0. The average molecular weight is 145 g/mol. The Morgan fingerprint density at radius 1 is 0.800 bits per heavy atom. The van der Waals surface area contributed by atoms with Crippen molar-refractivity contribution in [3.05, 3.63) is 0 Å². The van der Waals surface area contributed by atoms with Crippen molar-refractivity contribution in [3.63, 3.8) is 0 Å². The summed E-state index contributed by atoms with van der Waals surface area (Å²) in [7, 11) is 0. The minimum atomic E-state index is 0.733. The molecule has 62 valence electrons. The van der Waals surface area contributed by atoms with E-state index in [1.807, 2.05) is 0 Å². The van der Waals surface area contributed by atoms with Crippen molar-refractivity contribution < 1.29 is 0 Å². The molecule has 0 rings (SSSR count). The third kappa shape index (κ3) is 7.88. The normalized spacial score (nSPS) is 10.2. The fourth-order valence-corrected chi connectivity index (χ4v) is 0.798. The van der Waals surface area contributed by atoms with Gasteiger partial charge in [0.05, 0.1) is 0 Å². The molecule has 3 nitrogen and oxygen atoms in total. The molecule has 5 N–H and O–H groups in total. The van der Waals surface area contributed by atoms with Crippen LogP contribution in [0.15, 0.2) is 0 Å². The molecule has 0 fully saturated rings. The van der Waals surface area contributed by atoms with Gasteiger partial charge in [0.25, 0.3) is 0 Å². The second kappa shape index (κ2) is 8.88. The zero-order valence-electron chi connectivity index (χ0n) is 6.60. The highest BCUT2D eigenvalue weighted by Crippen LogP contribution is 1.90. The number of nitrogens with two attached hydrogens (primary N) is 2. The van der Waals surface area contributed by atoms with Gasteiger partial charge in [0.15, 0.2) is 0 Å². The van der Waals surface area contributed by atoms with E-state index >= 15 is 0 Å². The molecule has 0 aliphatic rings. The molecular weight excluding hydrogens is 126 g/mol. The zero-order valence-corrected chi connectivity index (χ0v) is 6.60. The average Bonchev–Trinajstić information content (AvgIpc) is 1.97. The van der Waals surface area contributed by atoms with E-state index in [-0.39, 0.29) is 0 Å². The highest BCUT2D eigenvalue weighted by molar-refractivity contribution is 4.48. The van der Waals surface area contributed by atoms with Crippen LogP contribution in [0, 0.1) is 0 Å². The summed E-state index contributed by atoms with van der Waals surface area (Å²) in [5.74, 6) is 0. The summed E-state index contributed by atoms with van der Waals surface area (Å²) in [6.07, 6.45) is 3.59. The maximum atomic E-state index is 5.33. The minimum Gasteiger partial charge on any atom is -0.330 e. The summed E-state index contributed by atoms with van der Waals surface area (Å²) >= 11 is 0. The smallest absolute Gasteiger partial charge is 0.00745 e. The molecular formula is C7H19N3. The van der Waals surface area contributed by atoms with Crippen LogP contribution < -0.4 is 16.8 Å². The van der Waals surface area contributed by atoms with Crippen molar-refractivity contribution >= 4 is 0 Å². The van der Waals surface area contributed by atoms with E-state index in [1.54, 1.807) is 0 Å². The standard InChI is InChI=1S/C7H19N3/c8-4-2-1-3-6-10-7-5-9/h10H,1-9H2. The Morgan fingerprint density at radius 2 is 1.60 bits per heavy atom. The van der Waals surface area contributed by atoms with E-state index in [0.29, 0.717) is 0 Å². The maximum absolute atomic E-state index is 5.33. The van der Waals surface area contributed by atoms with Crippen molar-refractivity contribution in [2.45, 2.75) is 19.3 Å². The molecule has 0 aliphatic heterocycles. The SMILES string of the molecule is NCCCCCNCCN. The van der Waals surface area contributed by atoms with Crippen LogP contribution in [-0.4, -0.2) is 26.2 Å². The lowest BCUT2D eigenvalue weighted by atomic mass is 10.2. The molecule has 0 unspecified atom stereocenters. The molecule has 0 saturated heterocycles. The Balaban J connectivity index is 2.65. The monoisotopic (exact) mass is 145 g/mol. The first kappa shape index (κ1) is 9.88. The molecule has 10 heavy (non-hydrogen) atoms. The summed E-state index contributed by atoms with van der Waals surface area (Å²) in [5.41, 5.74) is 10.6. The number of hydrogen-bond acceptors (Lipinski definition) is 3. The predicted molar refractivity (Wildman–Crippen MR) is 44.8 cm³/mol. The quantitative estimate of drug-likeness (QED) is 0.430. The van der Waals surface area contributed by atoms with E-state index in [9.17, 15) is 0 Å². The van der Waals surface area contributed by atoms with Crippen molar-refractivity contribution in [2.75, 3.05) is 26.2 Å². The largest absolute Gasteiger partial charge is 0.330 e. The van der Waals surface area contributed by atoms with Gasteiger partial charge in [-0.1, -0.05) is 6.42 Å². The van der Waals surface area contributed by atoms with Gasteiger partial charge in [-0.25, -0.2) is 0 Å². The van der Waals surface area contributed by atoms with Crippen LogP contribution in [0.25, 0.3) is 0 Å². The van der Waals surface area contributed by atoms with Gasteiger partial charge in [0.2, 0.25) is 0 Å². The van der Waals surface area contributed by atoms with Crippen LogP contribution in [-0.2, 0) is 0 Å². The van der Waals surface area contributed by atoms with Crippen LogP contribution in [0.2, 0.25) is 0 Å². The molecule has 0 aromatic heterocycles. The van der Waals surface area contributed by atoms with Crippen molar-refractivity contribution in [1.29, 1.82) is 0 Å². The molecule has 0 radical (unpaired) electrons. The zero-order chi connectivity index (χ0) is 7.66. The summed E-state index contributed by atoms with van der Waals surface area (Å²) in [4.78, 5) is 0. The highest BCUT2D eigenvalue weighted by atomic mass is 14.9. The maximum Gasteiger partial charge on any atom is 0.00745 e. The van der Waals surface area contributed by atoms with Gasteiger partial charge >= 0.3 is 0 Å². The Labute approximate surface area is 63.2 Å². The van der Waals surface area contributed by atoms with Crippen LogP contribution in [0.4, 0.5) is 0 Å². The van der Waals surface area contributed by atoms with Crippen LogP contribution in [0.5, 0.6) is 0 Å². The lowest BCUT2D eigenvalue weighted by Crippen LogP contribution is -2.23. The Hall–Kier alpha value is -0.120. The van der Waals surface area contributed by atoms with E-state index in [0.717, 1.165) is 32.6 Å². The number of unbranched alkanes of at least 4 members (excludes halogenated alkanes) is 2. The topological polar surface area (TPSA) is 64.1 Å². The lowest BCUT2D eigenvalue weighted by molar-refractivity contribution is 0.610. The lowest BCUT2D eigenvalue weighted by Gasteiger charge is -2.00. The van der Waals surface area contributed by atoms with Gasteiger partial charge in [-0.2, -0.15) is 0 Å². The fraction of sp³-hybridized carbons (Fsp3) is 1.00. The van der Waals surface area contributed by atoms with E-state index in [1.165, 1.54) is 12.8 Å². The summed E-state index contributed by atoms with van der Waals surface area (Å²) in [6.45, 7) is 3.56. The highest BCUT2D eigenvalue weighted by Gasteiger charge is 1.85. The van der Waals surface area contributed by atoms with E-state index < -0.39 is 0 Å². The van der Waals surface area contributed by atoms with Crippen LogP contribution in [0.1, 0.15) is 19.3 Å². The predicted octanol–water partition coefficient (Wildman–Crippen LogP) is -0.336. The third-order valence-electron chi connectivity index (χ3n) is 1.38. The fourth-order valence-electron chi connectivity index (χ4n) is 0.798. The molecule has 0 aromatic rings. The third-order valence-corrected chi connectivity index (χ3v) is 1.38. The van der Waals surface area contributed by atoms with E-state index in [2.05, 4.69) is 5.32 Å². The van der Waals surface area contributed by atoms with Crippen molar-refractivity contribution in [1.82, 2.24) is 5.32 Å². The number of rotatable bonds is 7. The molecule has 0 heterocycles. The number of hydrogen-bond donors (Lipinski definition) is 3. The molecule has 0 amide bonds. The molecule has 3 heteroatoms.